The van der Waals surface area contributed by atoms with Crippen LogP contribution in [-0.4, -0.2) is 19.6 Å². The van der Waals surface area contributed by atoms with Crippen molar-refractivity contribution in [1.29, 1.82) is 0 Å². The highest BCUT2D eigenvalue weighted by Gasteiger charge is 2.21. The molecule has 5 heteroatoms. The van der Waals surface area contributed by atoms with E-state index in [0.29, 0.717) is 5.56 Å². The molecular weight excluding hydrogens is 245 g/mol. The van der Waals surface area contributed by atoms with Gasteiger partial charge in [0.25, 0.3) is 0 Å². The van der Waals surface area contributed by atoms with E-state index in [0.717, 1.165) is 0 Å². The fourth-order valence-electron chi connectivity index (χ4n) is 1.31. The third kappa shape index (κ3) is 3.45. The van der Waals surface area contributed by atoms with Crippen LogP contribution in [0.3, 0.4) is 0 Å². The number of hydrogen-bond donors (Lipinski definition) is 1. The van der Waals surface area contributed by atoms with Crippen molar-refractivity contribution in [1.82, 2.24) is 5.32 Å². The number of methoxy groups -OCH3 is 1. The summed E-state index contributed by atoms with van der Waals surface area (Å²) in [7, 11) is 1.25. The van der Waals surface area contributed by atoms with Gasteiger partial charge in [-0.2, -0.15) is 0 Å². The van der Waals surface area contributed by atoms with Crippen LogP contribution in [0.25, 0.3) is 0 Å². The summed E-state index contributed by atoms with van der Waals surface area (Å²) < 4.78 is 17.9. The molecule has 0 heterocycles. The number of esters is 1. The standard InChI is InChI=1S/C12H11ClFNO2/c1-3-6-15-11(12(16)17-2)8-4-5-9(13)10(14)7-8/h1,4-5,7,11,15H,6H2,2H3. The molecule has 1 aromatic carbocycles. The molecule has 0 aliphatic carbocycles. The SMILES string of the molecule is C#CCNC(C(=O)OC)c1ccc(Cl)c(F)c1. The fourth-order valence-corrected chi connectivity index (χ4v) is 1.43. The minimum atomic E-state index is -0.803. The van der Waals surface area contributed by atoms with Crippen LogP contribution in [0.4, 0.5) is 4.39 Å². The predicted octanol–water partition coefficient (Wildman–Crippen LogP) is 1.92. The zero-order valence-electron chi connectivity index (χ0n) is 9.17. The van der Waals surface area contributed by atoms with Gasteiger partial charge in [-0.15, -0.1) is 6.42 Å². The Kier molecular flexibility index (Phi) is 4.95. The highest BCUT2D eigenvalue weighted by molar-refractivity contribution is 6.30. The molecule has 0 saturated carbocycles. The van der Waals surface area contributed by atoms with E-state index in [2.05, 4.69) is 16.0 Å². The second-order valence-electron chi connectivity index (χ2n) is 3.21. The summed E-state index contributed by atoms with van der Waals surface area (Å²) in [4.78, 5) is 11.5. The van der Waals surface area contributed by atoms with Gasteiger partial charge in [-0.1, -0.05) is 23.6 Å². The van der Waals surface area contributed by atoms with Crippen LogP contribution < -0.4 is 5.32 Å². The first-order valence-corrected chi connectivity index (χ1v) is 5.17. The van der Waals surface area contributed by atoms with Crippen molar-refractivity contribution >= 4 is 17.6 Å². The summed E-state index contributed by atoms with van der Waals surface area (Å²) >= 11 is 5.56. The number of benzene rings is 1. The highest BCUT2D eigenvalue weighted by atomic mass is 35.5. The van der Waals surface area contributed by atoms with E-state index >= 15 is 0 Å². The van der Waals surface area contributed by atoms with Crippen LogP contribution in [0.1, 0.15) is 11.6 Å². The van der Waals surface area contributed by atoms with Crippen molar-refractivity contribution < 1.29 is 13.9 Å². The van der Waals surface area contributed by atoms with Gasteiger partial charge in [-0.25, -0.2) is 9.18 Å². The summed E-state index contributed by atoms with van der Waals surface area (Å²) in [6.07, 6.45) is 5.09. The van der Waals surface area contributed by atoms with Gasteiger partial charge in [0.2, 0.25) is 0 Å². The van der Waals surface area contributed by atoms with Crippen LogP contribution in [0, 0.1) is 18.2 Å². The number of ether oxygens (including phenoxy) is 1. The number of nitrogens with one attached hydrogen (secondary N) is 1. The fraction of sp³-hybridized carbons (Fsp3) is 0.250. The molecule has 0 aliphatic rings. The largest absolute Gasteiger partial charge is 0.468 e. The van der Waals surface area contributed by atoms with E-state index < -0.39 is 17.8 Å². The molecule has 1 unspecified atom stereocenters. The second-order valence-corrected chi connectivity index (χ2v) is 3.62. The quantitative estimate of drug-likeness (QED) is 0.660. The lowest BCUT2D eigenvalue weighted by molar-refractivity contribution is -0.143. The molecule has 1 N–H and O–H groups in total. The molecule has 0 bridgehead atoms. The lowest BCUT2D eigenvalue weighted by atomic mass is 10.1. The normalized spacial score (nSPS) is 11.6. The number of carbonyl (C=O) groups excluding carboxylic acids is 1. The van der Waals surface area contributed by atoms with E-state index in [-0.39, 0.29) is 11.6 Å². The van der Waals surface area contributed by atoms with Crippen LogP contribution in [0.5, 0.6) is 0 Å². The Morgan fingerprint density at radius 2 is 2.41 bits per heavy atom. The lowest BCUT2D eigenvalue weighted by Gasteiger charge is -2.15. The maximum atomic E-state index is 13.3. The maximum absolute atomic E-state index is 13.3. The zero-order valence-corrected chi connectivity index (χ0v) is 9.92. The average Bonchev–Trinajstić information content (AvgIpc) is 2.33. The molecule has 90 valence electrons. The molecule has 0 amide bonds. The molecule has 0 radical (unpaired) electrons. The second kappa shape index (κ2) is 6.24. The number of halogens is 2. The van der Waals surface area contributed by atoms with Gasteiger partial charge in [0.15, 0.2) is 0 Å². The first-order valence-electron chi connectivity index (χ1n) is 4.79. The molecule has 0 spiro atoms. The number of terminal acetylenes is 1. The van der Waals surface area contributed by atoms with Gasteiger partial charge >= 0.3 is 5.97 Å². The molecule has 0 fully saturated rings. The van der Waals surface area contributed by atoms with Crippen LogP contribution >= 0.6 is 11.6 Å². The van der Waals surface area contributed by atoms with Crippen molar-refractivity contribution in [3.8, 4) is 12.3 Å². The lowest BCUT2D eigenvalue weighted by Crippen LogP contribution is -2.30. The van der Waals surface area contributed by atoms with Crippen molar-refractivity contribution in [3.05, 3.63) is 34.6 Å². The van der Waals surface area contributed by atoms with Gasteiger partial charge in [0, 0.05) is 0 Å². The molecule has 17 heavy (non-hydrogen) atoms. The Labute approximate surface area is 104 Å². The summed E-state index contributed by atoms with van der Waals surface area (Å²) in [6.45, 7) is 0.171. The predicted molar refractivity (Wildman–Crippen MR) is 63.0 cm³/mol. The van der Waals surface area contributed by atoms with Gasteiger partial charge in [0.05, 0.1) is 18.7 Å². The molecule has 0 aromatic heterocycles. The van der Waals surface area contributed by atoms with Crippen LogP contribution in [0.15, 0.2) is 18.2 Å². The number of rotatable bonds is 4. The summed E-state index contributed by atoms with van der Waals surface area (Å²) in [5, 5.41) is 2.76. The average molecular weight is 256 g/mol. The Morgan fingerprint density at radius 3 is 2.94 bits per heavy atom. The van der Waals surface area contributed by atoms with E-state index in [4.69, 9.17) is 18.0 Å². The van der Waals surface area contributed by atoms with E-state index in [1.54, 1.807) is 0 Å². The molecule has 0 aliphatic heterocycles. The molecule has 0 saturated heterocycles. The van der Waals surface area contributed by atoms with Crippen LogP contribution in [0.2, 0.25) is 5.02 Å². The maximum Gasteiger partial charge on any atom is 0.327 e. The molecule has 3 nitrogen and oxygen atoms in total. The highest BCUT2D eigenvalue weighted by Crippen LogP contribution is 2.21. The Bertz CT molecular complexity index is 456. The first-order chi connectivity index (χ1) is 8.10. The minimum absolute atomic E-state index is 0.00526. The first kappa shape index (κ1) is 13.5. The van der Waals surface area contributed by atoms with E-state index in [9.17, 15) is 9.18 Å². The molecule has 1 rings (SSSR count). The smallest absolute Gasteiger partial charge is 0.327 e. The molecule has 1 aromatic rings. The topological polar surface area (TPSA) is 38.3 Å². The van der Waals surface area contributed by atoms with Crippen molar-refractivity contribution in [2.75, 3.05) is 13.7 Å². The summed E-state index contributed by atoms with van der Waals surface area (Å²) in [5.41, 5.74) is 0.411. The Hall–Kier alpha value is -1.57. The number of carbonyl (C=O) groups is 1. The van der Waals surface area contributed by atoms with Gasteiger partial charge in [-0.3, -0.25) is 5.32 Å². The van der Waals surface area contributed by atoms with E-state index in [1.807, 2.05) is 0 Å². The van der Waals surface area contributed by atoms with Gasteiger partial charge in [0.1, 0.15) is 11.9 Å². The van der Waals surface area contributed by atoms with Gasteiger partial charge < -0.3 is 4.74 Å². The van der Waals surface area contributed by atoms with Crippen molar-refractivity contribution in [2.24, 2.45) is 0 Å². The van der Waals surface area contributed by atoms with Crippen molar-refractivity contribution in [3.63, 3.8) is 0 Å². The minimum Gasteiger partial charge on any atom is -0.468 e. The summed E-state index contributed by atoms with van der Waals surface area (Å²) in [5.74, 6) is 1.20. The van der Waals surface area contributed by atoms with Crippen molar-refractivity contribution in [2.45, 2.75) is 6.04 Å². The summed E-state index contributed by atoms with van der Waals surface area (Å²) in [6, 6.07) is 3.28. The van der Waals surface area contributed by atoms with Crippen LogP contribution in [-0.2, 0) is 9.53 Å². The Morgan fingerprint density at radius 1 is 1.71 bits per heavy atom. The van der Waals surface area contributed by atoms with Gasteiger partial charge in [-0.05, 0) is 17.7 Å². The zero-order chi connectivity index (χ0) is 12.8. The third-order valence-electron chi connectivity index (χ3n) is 2.12. The monoisotopic (exact) mass is 255 g/mol. The van der Waals surface area contributed by atoms with E-state index in [1.165, 1.54) is 25.3 Å². The molecular formula is C12H11ClFNO2. The third-order valence-corrected chi connectivity index (χ3v) is 2.43. The molecule has 1 atom stereocenters. The Balaban J connectivity index is 3.00. The number of hydrogen-bond acceptors (Lipinski definition) is 3.